The molecule has 0 aliphatic carbocycles. The Bertz CT molecular complexity index is 322. The fraction of sp³-hybridized carbons (Fsp3) is 0.500. The van der Waals surface area contributed by atoms with Crippen molar-refractivity contribution in [1.82, 2.24) is 0 Å². The van der Waals surface area contributed by atoms with Gasteiger partial charge < -0.3 is 4.98 Å². The average Bonchev–Trinajstić information content (AvgIpc) is 1.96. The van der Waals surface area contributed by atoms with Crippen molar-refractivity contribution in [3.05, 3.63) is 24.3 Å². The van der Waals surface area contributed by atoms with Gasteiger partial charge in [-0.05, 0) is 18.2 Å². The summed E-state index contributed by atoms with van der Waals surface area (Å²) in [5.41, 5.74) is 1.28. The van der Waals surface area contributed by atoms with Gasteiger partial charge in [-0.1, -0.05) is 45.3 Å². The highest BCUT2D eigenvalue weighted by atomic mass is 32.4. The summed E-state index contributed by atoms with van der Waals surface area (Å²) in [5, 5.41) is 0. The van der Waals surface area contributed by atoms with E-state index in [0.717, 1.165) is 0 Å². The lowest BCUT2D eigenvalue weighted by molar-refractivity contribution is 1.45. The van der Waals surface area contributed by atoms with Gasteiger partial charge in [-0.25, -0.2) is 0 Å². The van der Waals surface area contributed by atoms with Gasteiger partial charge >= 0.3 is 0 Å². The van der Waals surface area contributed by atoms with Crippen LogP contribution in [0, 0.1) is 0 Å². The second-order valence-corrected chi connectivity index (χ2v) is 20.1. The summed E-state index contributed by atoms with van der Waals surface area (Å²) in [5.74, 6) is 0. The molecule has 0 spiro atoms. The standard InChI is InChI=1S/C12H23NSSi2/c1-15(2,3)13-11-8-7-9-12(10-11)14-16(4,5)6/h7-10,13H,1-6H3. The van der Waals surface area contributed by atoms with Crippen LogP contribution >= 0.6 is 11.2 Å². The summed E-state index contributed by atoms with van der Waals surface area (Å²) >= 11 is 2.06. The molecule has 0 unspecified atom stereocenters. The zero-order valence-electron chi connectivity index (χ0n) is 11.2. The van der Waals surface area contributed by atoms with Crippen molar-refractivity contribution in [3.8, 4) is 0 Å². The van der Waals surface area contributed by atoms with Crippen molar-refractivity contribution in [2.75, 3.05) is 4.98 Å². The third kappa shape index (κ3) is 5.77. The molecule has 1 rings (SSSR count). The van der Waals surface area contributed by atoms with Gasteiger partial charge in [-0.2, -0.15) is 11.2 Å². The molecule has 0 aliphatic heterocycles. The van der Waals surface area contributed by atoms with Gasteiger partial charge in [0.1, 0.15) is 15.5 Å². The molecule has 16 heavy (non-hydrogen) atoms. The smallest absolute Gasteiger partial charge is 0.144 e. The molecular weight excluding hydrogens is 246 g/mol. The summed E-state index contributed by atoms with van der Waals surface area (Å²) in [6.45, 7) is 14.1. The Balaban J connectivity index is 2.79. The topological polar surface area (TPSA) is 12.0 Å². The summed E-state index contributed by atoms with van der Waals surface area (Å²) in [4.78, 5) is 5.05. The number of rotatable bonds is 4. The second-order valence-electron chi connectivity index (χ2n) is 6.12. The second kappa shape index (κ2) is 4.98. The Morgan fingerprint density at radius 3 is 2.12 bits per heavy atom. The molecule has 0 radical (unpaired) electrons. The Morgan fingerprint density at radius 1 is 1.00 bits per heavy atom. The first-order valence-electron chi connectivity index (χ1n) is 5.73. The quantitative estimate of drug-likeness (QED) is 0.783. The van der Waals surface area contributed by atoms with Crippen LogP contribution in [0.25, 0.3) is 0 Å². The summed E-state index contributed by atoms with van der Waals surface area (Å²) in [6, 6.07) is 8.84. The Labute approximate surface area is 106 Å². The minimum Gasteiger partial charge on any atom is -0.411 e. The van der Waals surface area contributed by atoms with Crippen LogP contribution in [-0.2, 0) is 0 Å². The zero-order valence-corrected chi connectivity index (χ0v) is 14.0. The molecule has 0 fully saturated rings. The van der Waals surface area contributed by atoms with Crippen molar-refractivity contribution >= 4 is 32.4 Å². The molecular formula is C12H23NSSi2. The summed E-state index contributed by atoms with van der Waals surface area (Å²) in [7, 11) is -2.31. The number of benzene rings is 1. The lowest BCUT2D eigenvalue weighted by Crippen LogP contribution is -2.32. The molecule has 1 N–H and O–H groups in total. The molecule has 0 aromatic heterocycles. The summed E-state index contributed by atoms with van der Waals surface area (Å²) < 4.78 is 0. The molecule has 1 nitrogen and oxygen atoms in total. The molecule has 0 saturated heterocycles. The average molecular weight is 270 g/mol. The van der Waals surface area contributed by atoms with Crippen LogP contribution in [0.2, 0.25) is 39.3 Å². The van der Waals surface area contributed by atoms with E-state index in [0.29, 0.717) is 0 Å². The first kappa shape index (κ1) is 13.9. The molecule has 0 bridgehead atoms. The van der Waals surface area contributed by atoms with Crippen molar-refractivity contribution in [2.24, 2.45) is 0 Å². The monoisotopic (exact) mass is 269 g/mol. The molecule has 4 heteroatoms. The number of hydrogen-bond acceptors (Lipinski definition) is 2. The SMILES string of the molecule is C[Si](C)(C)Nc1cccc(S[Si](C)(C)C)c1. The molecule has 0 amide bonds. The third-order valence-electron chi connectivity index (χ3n) is 1.78. The molecule has 0 aliphatic rings. The van der Waals surface area contributed by atoms with Crippen LogP contribution in [0.1, 0.15) is 0 Å². The number of hydrogen-bond donors (Lipinski definition) is 1. The highest BCUT2D eigenvalue weighted by Gasteiger charge is 2.16. The van der Waals surface area contributed by atoms with Crippen molar-refractivity contribution in [2.45, 2.75) is 44.2 Å². The van der Waals surface area contributed by atoms with E-state index >= 15 is 0 Å². The lowest BCUT2D eigenvalue weighted by atomic mass is 10.3. The van der Waals surface area contributed by atoms with Crippen LogP contribution in [0.5, 0.6) is 0 Å². The van der Waals surface area contributed by atoms with E-state index in [1.165, 1.54) is 10.6 Å². The largest absolute Gasteiger partial charge is 0.411 e. The Morgan fingerprint density at radius 2 is 1.62 bits per heavy atom. The van der Waals surface area contributed by atoms with Gasteiger partial charge in [0.05, 0.1) is 0 Å². The van der Waals surface area contributed by atoms with Gasteiger partial charge in [-0.15, -0.1) is 0 Å². The normalized spacial score (nSPS) is 12.6. The maximum absolute atomic E-state index is 3.65. The molecule has 90 valence electrons. The predicted molar refractivity (Wildman–Crippen MR) is 82.6 cm³/mol. The van der Waals surface area contributed by atoms with E-state index in [2.05, 4.69) is 79.7 Å². The predicted octanol–water partition coefficient (Wildman–Crippen LogP) is 4.86. The Kier molecular flexibility index (Phi) is 4.31. The molecule has 0 heterocycles. The maximum Gasteiger partial charge on any atom is 0.144 e. The van der Waals surface area contributed by atoms with Crippen molar-refractivity contribution < 1.29 is 0 Å². The molecule has 0 atom stereocenters. The molecule has 1 aromatic rings. The van der Waals surface area contributed by atoms with E-state index in [9.17, 15) is 0 Å². The maximum atomic E-state index is 3.65. The highest BCUT2D eigenvalue weighted by Crippen LogP contribution is 2.30. The van der Waals surface area contributed by atoms with Gasteiger partial charge in [-0.3, -0.25) is 0 Å². The third-order valence-corrected chi connectivity index (χ3v) is 6.46. The summed E-state index contributed by atoms with van der Waals surface area (Å²) in [6.07, 6.45) is 0. The van der Waals surface area contributed by atoms with E-state index in [-0.39, 0.29) is 0 Å². The fourth-order valence-electron chi connectivity index (χ4n) is 1.42. The Hall–Kier alpha value is -0.196. The molecule has 0 saturated carbocycles. The van der Waals surface area contributed by atoms with Crippen LogP contribution < -0.4 is 4.98 Å². The lowest BCUT2D eigenvalue weighted by Gasteiger charge is -2.21. The fourth-order valence-corrected chi connectivity index (χ4v) is 5.99. The minimum absolute atomic E-state index is 1.08. The van der Waals surface area contributed by atoms with Crippen molar-refractivity contribution in [3.63, 3.8) is 0 Å². The number of anilines is 1. The molecule has 1 aromatic carbocycles. The van der Waals surface area contributed by atoms with Crippen LogP contribution in [0.15, 0.2) is 29.2 Å². The van der Waals surface area contributed by atoms with Crippen LogP contribution in [0.3, 0.4) is 0 Å². The van der Waals surface area contributed by atoms with E-state index in [1.54, 1.807) is 0 Å². The van der Waals surface area contributed by atoms with E-state index in [4.69, 9.17) is 0 Å². The van der Waals surface area contributed by atoms with Crippen molar-refractivity contribution in [1.29, 1.82) is 0 Å². The van der Waals surface area contributed by atoms with Gasteiger partial charge in [0.15, 0.2) is 0 Å². The highest BCUT2D eigenvalue weighted by molar-refractivity contribution is 8.28. The first-order valence-corrected chi connectivity index (χ1v) is 14.3. The van der Waals surface area contributed by atoms with Gasteiger partial charge in [0, 0.05) is 10.6 Å². The van der Waals surface area contributed by atoms with Gasteiger partial charge in [0.2, 0.25) is 0 Å². The van der Waals surface area contributed by atoms with E-state index < -0.39 is 15.5 Å². The minimum atomic E-state index is -1.23. The number of nitrogens with one attached hydrogen (secondary N) is 1. The van der Waals surface area contributed by atoms with E-state index in [1.807, 2.05) is 0 Å². The zero-order chi connectivity index (χ0) is 12.4. The van der Waals surface area contributed by atoms with Crippen LogP contribution in [0.4, 0.5) is 5.69 Å². The first-order chi connectivity index (χ1) is 7.16. The van der Waals surface area contributed by atoms with Crippen LogP contribution in [-0.4, -0.2) is 15.5 Å². The van der Waals surface area contributed by atoms with Gasteiger partial charge in [0.25, 0.3) is 0 Å².